The number of thioether (sulfide) groups is 1. The topological polar surface area (TPSA) is 63.0 Å². The van der Waals surface area contributed by atoms with Gasteiger partial charge in [0.25, 0.3) is 11.1 Å². The third-order valence-electron chi connectivity index (χ3n) is 4.34. The van der Waals surface area contributed by atoms with Gasteiger partial charge in [0, 0.05) is 29.7 Å². The summed E-state index contributed by atoms with van der Waals surface area (Å²) in [5, 5.41) is -0.269. The number of anilines is 1. The molecule has 0 aliphatic carbocycles. The predicted octanol–water partition coefficient (Wildman–Crippen LogP) is 4.12. The summed E-state index contributed by atoms with van der Waals surface area (Å²) in [5.41, 5.74) is 0.898. The van der Waals surface area contributed by atoms with Crippen molar-refractivity contribution in [2.24, 2.45) is 0 Å². The second kappa shape index (κ2) is 7.92. The molecule has 0 atom stereocenters. The zero-order chi connectivity index (χ0) is 18.8. The lowest BCUT2D eigenvalue weighted by molar-refractivity contribution is -0.123. The van der Waals surface area contributed by atoms with Gasteiger partial charge in [-0.3, -0.25) is 14.5 Å². The van der Waals surface area contributed by atoms with Gasteiger partial charge in [-0.05, 0) is 35.5 Å². The van der Waals surface area contributed by atoms with Gasteiger partial charge in [0.05, 0.1) is 24.7 Å². The first-order valence-corrected chi connectivity index (χ1v) is 10.1. The Bertz CT molecular complexity index is 887. The van der Waals surface area contributed by atoms with E-state index < -0.39 is 0 Å². The smallest absolute Gasteiger partial charge is 0.293 e. The second-order valence-corrected chi connectivity index (χ2v) is 8.08. The van der Waals surface area contributed by atoms with Gasteiger partial charge in [-0.1, -0.05) is 28.1 Å². The number of hydrogen-bond donors (Lipinski definition) is 0. The Morgan fingerprint density at radius 1 is 1.07 bits per heavy atom. The molecule has 0 spiro atoms. The van der Waals surface area contributed by atoms with E-state index in [4.69, 9.17) is 9.15 Å². The maximum absolute atomic E-state index is 12.6. The van der Waals surface area contributed by atoms with Crippen LogP contribution < -0.4 is 4.90 Å². The number of morpholine rings is 1. The highest BCUT2D eigenvalue weighted by atomic mass is 79.9. The summed E-state index contributed by atoms with van der Waals surface area (Å²) in [6, 6.07) is 11.2. The molecule has 2 aliphatic heterocycles. The van der Waals surface area contributed by atoms with E-state index >= 15 is 0 Å². The van der Waals surface area contributed by atoms with E-state index in [0.29, 0.717) is 23.9 Å². The number of rotatable bonds is 4. The van der Waals surface area contributed by atoms with Crippen molar-refractivity contribution in [3.63, 3.8) is 0 Å². The van der Waals surface area contributed by atoms with Crippen molar-refractivity contribution in [1.29, 1.82) is 0 Å². The average molecular weight is 449 g/mol. The minimum absolute atomic E-state index is 0.256. The van der Waals surface area contributed by atoms with Gasteiger partial charge in [-0.15, -0.1) is 0 Å². The maximum atomic E-state index is 12.6. The number of nitrogens with zero attached hydrogens (tertiary/aromatic N) is 2. The van der Waals surface area contributed by atoms with Crippen molar-refractivity contribution in [2.75, 3.05) is 31.2 Å². The van der Waals surface area contributed by atoms with E-state index in [0.717, 1.165) is 40.8 Å². The van der Waals surface area contributed by atoms with E-state index in [-0.39, 0.29) is 17.7 Å². The molecule has 1 aromatic carbocycles. The average Bonchev–Trinajstić information content (AvgIpc) is 3.25. The summed E-state index contributed by atoms with van der Waals surface area (Å²) in [4.78, 5) is 28.6. The van der Waals surface area contributed by atoms with Crippen molar-refractivity contribution in [3.05, 3.63) is 57.1 Å². The van der Waals surface area contributed by atoms with E-state index in [1.54, 1.807) is 6.08 Å². The fourth-order valence-electron chi connectivity index (χ4n) is 2.91. The third kappa shape index (κ3) is 4.12. The largest absolute Gasteiger partial charge is 0.441 e. The maximum Gasteiger partial charge on any atom is 0.293 e. The van der Waals surface area contributed by atoms with Crippen molar-refractivity contribution in [2.45, 2.75) is 6.54 Å². The van der Waals surface area contributed by atoms with Crippen LogP contribution in [0.2, 0.25) is 0 Å². The highest BCUT2D eigenvalue weighted by Crippen LogP contribution is 2.34. The predicted molar refractivity (Wildman–Crippen MR) is 107 cm³/mol. The molecular weight excluding hydrogens is 432 g/mol. The molecule has 2 aliphatic rings. The molecule has 2 amide bonds. The number of carbonyl (C=O) groups excluding carboxylic acids is 2. The van der Waals surface area contributed by atoms with E-state index in [1.165, 1.54) is 4.90 Å². The molecule has 2 aromatic rings. The number of benzene rings is 1. The molecule has 0 radical (unpaired) electrons. The first-order valence-electron chi connectivity index (χ1n) is 8.52. The number of halogens is 1. The minimum Gasteiger partial charge on any atom is -0.441 e. The number of imide groups is 1. The number of carbonyl (C=O) groups is 2. The van der Waals surface area contributed by atoms with Crippen LogP contribution in [0, 0.1) is 0 Å². The van der Waals surface area contributed by atoms with Gasteiger partial charge in [0.1, 0.15) is 5.76 Å². The first-order chi connectivity index (χ1) is 13.1. The molecule has 0 bridgehead atoms. The van der Waals surface area contributed by atoms with Crippen LogP contribution in [-0.4, -0.2) is 42.3 Å². The second-order valence-electron chi connectivity index (χ2n) is 6.17. The number of hydrogen-bond acceptors (Lipinski definition) is 6. The number of furan rings is 1. The Morgan fingerprint density at radius 2 is 1.81 bits per heavy atom. The molecule has 2 fully saturated rings. The molecule has 4 rings (SSSR count). The van der Waals surface area contributed by atoms with E-state index in [9.17, 15) is 9.59 Å². The SMILES string of the molecule is O=C1S/C(=C\c2ccc(N3CCOCC3)o2)C(=O)N1Cc1ccc(Br)cc1. The summed E-state index contributed by atoms with van der Waals surface area (Å²) in [7, 11) is 0. The quantitative estimate of drug-likeness (QED) is 0.655. The highest BCUT2D eigenvalue weighted by molar-refractivity contribution is 9.10. The molecule has 0 unspecified atom stereocenters. The van der Waals surface area contributed by atoms with Gasteiger partial charge in [0.2, 0.25) is 0 Å². The normalized spacial score (nSPS) is 19.4. The minimum atomic E-state index is -0.294. The van der Waals surface area contributed by atoms with E-state index in [2.05, 4.69) is 20.8 Å². The highest BCUT2D eigenvalue weighted by Gasteiger charge is 2.35. The van der Waals surface area contributed by atoms with Crippen molar-refractivity contribution < 1.29 is 18.7 Å². The van der Waals surface area contributed by atoms with Crippen LogP contribution in [0.4, 0.5) is 10.7 Å². The molecule has 8 heteroatoms. The third-order valence-corrected chi connectivity index (χ3v) is 5.77. The molecule has 6 nitrogen and oxygen atoms in total. The number of amides is 2. The lowest BCUT2D eigenvalue weighted by Crippen LogP contribution is -2.35. The van der Waals surface area contributed by atoms with Gasteiger partial charge < -0.3 is 14.1 Å². The lowest BCUT2D eigenvalue weighted by atomic mass is 10.2. The zero-order valence-corrected chi connectivity index (χ0v) is 16.8. The van der Waals surface area contributed by atoms with Crippen LogP contribution in [0.1, 0.15) is 11.3 Å². The zero-order valence-electron chi connectivity index (χ0n) is 14.4. The fraction of sp³-hybridized carbons (Fsp3) is 0.263. The summed E-state index contributed by atoms with van der Waals surface area (Å²) in [6.45, 7) is 3.15. The Labute approximate surface area is 169 Å². The summed E-state index contributed by atoms with van der Waals surface area (Å²) >= 11 is 4.32. The molecule has 27 heavy (non-hydrogen) atoms. The molecule has 140 valence electrons. The monoisotopic (exact) mass is 448 g/mol. The van der Waals surface area contributed by atoms with Crippen LogP contribution in [0.5, 0.6) is 0 Å². The Kier molecular flexibility index (Phi) is 5.38. The van der Waals surface area contributed by atoms with Gasteiger partial charge in [-0.25, -0.2) is 0 Å². The van der Waals surface area contributed by atoms with Crippen LogP contribution in [-0.2, 0) is 16.1 Å². The molecule has 0 saturated carbocycles. The number of ether oxygens (including phenoxy) is 1. The molecule has 3 heterocycles. The molecule has 1 aromatic heterocycles. The van der Waals surface area contributed by atoms with Crippen LogP contribution in [0.15, 0.2) is 50.2 Å². The summed E-state index contributed by atoms with van der Waals surface area (Å²) < 4.78 is 12.1. The van der Waals surface area contributed by atoms with Crippen LogP contribution in [0.25, 0.3) is 6.08 Å². The van der Waals surface area contributed by atoms with Crippen molar-refractivity contribution in [1.82, 2.24) is 4.90 Å². The summed E-state index contributed by atoms with van der Waals surface area (Å²) in [6.07, 6.45) is 1.64. The molecule has 2 saturated heterocycles. The summed E-state index contributed by atoms with van der Waals surface area (Å²) in [5.74, 6) is 1.02. The van der Waals surface area contributed by atoms with Crippen LogP contribution >= 0.6 is 27.7 Å². The van der Waals surface area contributed by atoms with Crippen molar-refractivity contribution in [3.8, 4) is 0 Å². The van der Waals surface area contributed by atoms with Gasteiger partial charge in [0.15, 0.2) is 5.88 Å². The van der Waals surface area contributed by atoms with Crippen LogP contribution in [0.3, 0.4) is 0 Å². The Hall–Kier alpha value is -2.03. The van der Waals surface area contributed by atoms with Gasteiger partial charge in [-0.2, -0.15) is 0 Å². The van der Waals surface area contributed by atoms with E-state index in [1.807, 2.05) is 36.4 Å². The molecule has 0 N–H and O–H groups in total. The fourth-order valence-corrected chi connectivity index (χ4v) is 3.99. The van der Waals surface area contributed by atoms with Gasteiger partial charge >= 0.3 is 0 Å². The standard InChI is InChI=1S/C19H17BrN2O4S/c20-14-3-1-13(2-4-14)12-22-18(23)16(27-19(22)24)11-15-5-6-17(26-15)21-7-9-25-10-8-21/h1-6,11H,7-10,12H2/b16-11-. The first kappa shape index (κ1) is 18.3. The molecular formula is C19H17BrN2O4S. The Balaban J connectivity index is 1.47. The lowest BCUT2D eigenvalue weighted by Gasteiger charge is -2.26. The van der Waals surface area contributed by atoms with Crippen molar-refractivity contribution >= 4 is 50.8 Å². The Morgan fingerprint density at radius 3 is 2.56 bits per heavy atom.